The van der Waals surface area contributed by atoms with Gasteiger partial charge in [-0.1, -0.05) is 89.5 Å². The van der Waals surface area contributed by atoms with Crippen LogP contribution in [-0.2, 0) is 12.8 Å². The molecule has 0 amide bonds. The van der Waals surface area contributed by atoms with Crippen LogP contribution in [0.1, 0.15) is 89.4 Å². The van der Waals surface area contributed by atoms with E-state index < -0.39 is 5.95 Å². The molecule has 0 spiro atoms. The highest BCUT2D eigenvalue weighted by molar-refractivity contribution is 5.62. The lowest BCUT2D eigenvalue weighted by molar-refractivity contribution is 0.252. The van der Waals surface area contributed by atoms with Gasteiger partial charge in [-0.15, -0.1) is 0 Å². The Balaban J connectivity index is 1.51. The van der Waals surface area contributed by atoms with Crippen molar-refractivity contribution in [2.75, 3.05) is 0 Å². The molecule has 0 aliphatic heterocycles. The molecule has 1 aromatic carbocycles. The minimum absolute atomic E-state index is 0.400. The van der Waals surface area contributed by atoms with Crippen LogP contribution in [0, 0.1) is 17.8 Å². The summed E-state index contributed by atoms with van der Waals surface area (Å²) in [5, 5.41) is 0. The fraction of sp³-hybridized carbons (Fsp3) is 0.615. The van der Waals surface area contributed by atoms with Gasteiger partial charge in [0.15, 0.2) is 0 Å². The van der Waals surface area contributed by atoms with Crippen LogP contribution in [0.25, 0.3) is 11.1 Å². The fourth-order valence-electron chi connectivity index (χ4n) is 4.68. The van der Waals surface area contributed by atoms with Gasteiger partial charge in [0.2, 0.25) is 5.95 Å². The van der Waals surface area contributed by atoms with Gasteiger partial charge in [-0.2, -0.15) is 4.39 Å². The second-order valence-corrected chi connectivity index (χ2v) is 8.86. The van der Waals surface area contributed by atoms with Crippen molar-refractivity contribution in [1.82, 2.24) is 9.97 Å². The number of halogens is 1. The highest BCUT2D eigenvalue weighted by Crippen LogP contribution is 2.34. The second-order valence-electron chi connectivity index (χ2n) is 8.86. The predicted molar refractivity (Wildman–Crippen MR) is 119 cm³/mol. The van der Waals surface area contributed by atoms with Crippen molar-refractivity contribution < 1.29 is 4.39 Å². The number of nitrogens with zero attached hydrogens (tertiary/aromatic N) is 2. The summed E-state index contributed by atoms with van der Waals surface area (Å²) >= 11 is 0. The number of rotatable bonds is 10. The van der Waals surface area contributed by atoms with Gasteiger partial charge >= 0.3 is 0 Å². The first kappa shape index (κ1) is 21.9. The minimum Gasteiger partial charge on any atom is -0.241 e. The predicted octanol–water partition coefficient (Wildman–Crippen LogP) is 7.55. The Morgan fingerprint density at radius 1 is 0.862 bits per heavy atom. The van der Waals surface area contributed by atoms with Gasteiger partial charge in [0.1, 0.15) is 5.82 Å². The second kappa shape index (κ2) is 11.4. The van der Waals surface area contributed by atoms with E-state index in [4.69, 9.17) is 0 Å². The zero-order valence-electron chi connectivity index (χ0n) is 18.3. The Kier molecular flexibility index (Phi) is 8.64. The zero-order valence-corrected chi connectivity index (χ0v) is 18.3. The molecule has 29 heavy (non-hydrogen) atoms. The first-order valence-electron chi connectivity index (χ1n) is 11.8. The van der Waals surface area contributed by atoms with Crippen LogP contribution in [0.4, 0.5) is 4.39 Å². The molecule has 0 bridgehead atoms. The highest BCUT2D eigenvalue weighted by atomic mass is 19.1. The van der Waals surface area contributed by atoms with E-state index in [9.17, 15) is 4.39 Å². The number of hydrogen-bond acceptors (Lipinski definition) is 2. The van der Waals surface area contributed by atoms with Crippen molar-refractivity contribution in [3.8, 4) is 11.1 Å². The molecule has 2 aromatic rings. The molecule has 1 aliphatic carbocycles. The van der Waals surface area contributed by atoms with E-state index in [1.807, 2.05) is 12.1 Å². The number of benzene rings is 1. The Morgan fingerprint density at radius 2 is 1.55 bits per heavy atom. The maximum atomic E-state index is 14.5. The SMILES string of the molecule is CCCCCc1ncc(-c2ccc(CCC3CCC(CCC)CC3)cc2)c(F)n1. The van der Waals surface area contributed by atoms with Gasteiger partial charge in [0, 0.05) is 12.6 Å². The lowest BCUT2D eigenvalue weighted by Gasteiger charge is -2.28. The summed E-state index contributed by atoms with van der Waals surface area (Å²) in [5.74, 6) is 2.08. The van der Waals surface area contributed by atoms with Crippen LogP contribution < -0.4 is 0 Å². The quantitative estimate of drug-likeness (QED) is 0.306. The molecule has 0 N–H and O–H groups in total. The highest BCUT2D eigenvalue weighted by Gasteiger charge is 2.20. The first-order valence-corrected chi connectivity index (χ1v) is 11.8. The lowest BCUT2D eigenvalue weighted by Crippen LogP contribution is -2.15. The van der Waals surface area contributed by atoms with Crippen LogP contribution in [0.2, 0.25) is 0 Å². The molecule has 3 heteroatoms. The van der Waals surface area contributed by atoms with E-state index >= 15 is 0 Å². The third-order valence-electron chi connectivity index (χ3n) is 6.57. The van der Waals surface area contributed by atoms with Crippen molar-refractivity contribution in [2.24, 2.45) is 11.8 Å². The number of aryl methyl sites for hydroxylation is 2. The van der Waals surface area contributed by atoms with E-state index in [0.29, 0.717) is 11.4 Å². The van der Waals surface area contributed by atoms with Crippen LogP contribution in [0.5, 0.6) is 0 Å². The Hall–Kier alpha value is -1.77. The third kappa shape index (κ3) is 6.62. The molecule has 0 radical (unpaired) electrons. The van der Waals surface area contributed by atoms with Gasteiger partial charge in [0.25, 0.3) is 0 Å². The molecular weight excluding hydrogens is 359 g/mol. The molecule has 3 rings (SSSR count). The monoisotopic (exact) mass is 396 g/mol. The minimum atomic E-state index is -0.400. The van der Waals surface area contributed by atoms with Gasteiger partial charge in [0.05, 0.1) is 5.56 Å². The maximum absolute atomic E-state index is 14.5. The first-order chi connectivity index (χ1) is 14.2. The normalized spacial score (nSPS) is 19.4. The van der Waals surface area contributed by atoms with E-state index in [-0.39, 0.29) is 0 Å². The average Bonchev–Trinajstić information content (AvgIpc) is 2.74. The van der Waals surface area contributed by atoms with Crippen molar-refractivity contribution >= 4 is 0 Å². The van der Waals surface area contributed by atoms with Crippen LogP contribution >= 0.6 is 0 Å². The summed E-state index contributed by atoms with van der Waals surface area (Å²) in [5.41, 5.74) is 2.72. The smallest absolute Gasteiger partial charge is 0.224 e. The Labute approximate surface area is 176 Å². The van der Waals surface area contributed by atoms with Crippen molar-refractivity contribution in [1.29, 1.82) is 0 Å². The fourth-order valence-corrected chi connectivity index (χ4v) is 4.68. The van der Waals surface area contributed by atoms with E-state index in [1.54, 1.807) is 6.20 Å². The van der Waals surface area contributed by atoms with Crippen molar-refractivity contribution in [2.45, 2.75) is 90.9 Å². The topological polar surface area (TPSA) is 25.8 Å². The summed E-state index contributed by atoms with van der Waals surface area (Å²) < 4.78 is 14.5. The molecule has 0 atom stereocenters. The molecule has 2 nitrogen and oxygen atoms in total. The lowest BCUT2D eigenvalue weighted by atomic mass is 9.78. The molecular formula is C26H37FN2. The van der Waals surface area contributed by atoms with E-state index in [1.165, 1.54) is 50.5 Å². The summed E-state index contributed by atoms with van der Waals surface area (Å²) in [6.07, 6.45) is 16.5. The molecule has 0 saturated heterocycles. The number of aromatic nitrogens is 2. The largest absolute Gasteiger partial charge is 0.241 e. The Morgan fingerprint density at radius 3 is 2.17 bits per heavy atom. The molecule has 1 aliphatic rings. The maximum Gasteiger partial charge on any atom is 0.224 e. The van der Waals surface area contributed by atoms with Gasteiger partial charge in [-0.3, -0.25) is 0 Å². The van der Waals surface area contributed by atoms with E-state index in [0.717, 1.165) is 49.5 Å². The van der Waals surface area contributed by atoms with Crippen LogP contribution in [-0.4, -0.2) is 9.97 Å². The Bertz CT molecular complexity index is 733. The number of unbranched alkanes of at least 4 members (excludes halogenated alkanes) is 2. The van der Waals surface area contributed by atoms with E-state index in [2.05, 4.69) is 35.9 Å². The summed E-state index contributed by atoms with van der Waals surface area (Å²) in [6.45, 7) is 4.46. The molecule has 158 valence electrons. The van der Waals surface area contributed by atoms with Crippen molar-refractivity contribution in [3.05, 3.63) is 47.8 Å². The molecule has 1 saturated carbocycles. The van der Waals surface area contributed by atoms with Crippen LogP contribution in [0.3, 0.4) is 0 Å². The zero-order chi connectivity index (χ0) is 20.5. The average molecular weight is 397 g/mol. The third-order valence-corrected chi connectivity index (χ3v) is 6.57. The molecule has 1 heterocycles. The summed E-state index contributed by atoms with van der Waals surface area (Å²) in [4.78, 5) is 8.46. The molecule has 0 unspecified atom stereocenters. The summed E-state index contributed by atoms with van der Waals surface area (Å²) in [6, 6.07) is 8.33. The molecule has 1 aromatic heterocycles. The van der Waals surface area contributed by atoms with Crippen LogP contribution in [0.15, 0.2) is 30.5 Å². The number of hydrogen-bond donors (Lipinski definition) is 0. The standard InChI is InChI=1S/C26H37FN2/c1-3-5-6-8-25-28-19-24(26(27)29-25)23-17-15-22(16-18-23)14-13-21-11-9-20(7-4-2)10-12-21/h15-21H,3-14H2,1-2H3. The van der Waals surface area contributed by atoms with Gasteiger partial charge in [-0.05, 0) is 42.2 Å². The van der Waals surface area contributed by atoms with Crippen molar-refractivity contribution in [3.63, 3.8) is 0 Å². The van der Waals surface area contributed by atoms with Gasteiger partial charge in [-0.25, -0.2) is 9.97 Å². The summed E-state index contributed by atoms with van der Waals surface area (Å²) in [7, 11) is 0. The van der Waals surface area contributed by atoms with Gasteiger partial charge < -0.3 is 0 Å². The molecule has 1 fully saturated rings.